The molecule has 5 nitrogen and oxygen atoms in total. The van der Waals surface area contributed by atoms with Gasteiger partial charge >= 0.3 is 0 Å². The van der Waals surface area contributed by atoms with Gasteiger partial charge in [-0.25, -0.2) is 0 Å². The Morgan fingerprint density at radius 3 is 2.33 bits per heavy atom. The number of aryl methyl sites for hydroxylation is 2. The van der Waals surface area contributed by atoms with Gasteiger partial charge in [0.2, 0.25) is 0 Å². The highest BCUT2D eigenvalue weighted by atomic mass is 15.4. The maximum atomic E-state index is 6.02. The number of nitrogens with zero attached hydrogens (tertiary/aromatic N) is 4. The molecule has 1 aromatic heterocycles. The van der Waals surface area contributed by atoms with E-state index in [2.05, 4.69) is 42.6 Å². The normalized spacial score (nSPS) is 19.8. The monoisotopic (exact) mass is 293 g/mol. The second-order valence-electron chi connectivity index (χ2n) is 6.47. The van der Waals surface area contributed by atoms with Crippen LogP contribution in [0.15, 0.2) is 0 Å². The minimum Gasteiger partial charge on any atom is -0.354 e. The van der Waals surface area contributed by atoms with Crippen LogP contribution in [0.5, 0.6) is 0 Å². The summed E-state index contributed by atoms with van der Waals surface area (Å²) in [5.41, 5.74) is 8.46. The molecule has 0 saturated carbocycles. The second-order valence-corrected chi connectivity index (χ2v) is 6.47. The van der Waals surface area contributed by atoms with Crippen LogP contribution in [-0.4, -0.2) is 52.9 Å². The van der Waals surface area contributed by atoms with Gasteiger partial charge in [-0.15, -0.1) is 0 Å². The Hall–Kier alpha value is -1.07. The van der Waals surface area contributed by atoms with Crippen molar-refractivity contribution in [1.82, 2.24) is 14.7 Å². The van der Waals surface area contributed by atoms with Crippen LogP contribution in [-0.2, 0) is 13.5 Å². The molecule has 0 amide bonds. The fourth-order valence-corrected chi connectivity index (χ4v) is 3.28. The van der Waals surface area contributed by atoms with Gasteiger partial charge < -0.3 is 10.6 Å². The van der Waals surface area contributed by atoms with Crippen LogP contribution in [0.1, 0.15) is 38.4 Å². The molecular formula is C16H31N5. The average Bonchev–Trinajstić information content (AvgIpc) is 2.72. The Kier molecular flexibility index (Phi) is 5.27. The van der Waals surface area contributed by atoms with E-state index < -0.39 is 0 Å². The lowest BCUT2D eigenvalue weighted by atomic mass is 10.1. The number of anilines is 1. The summed E-state index contributed by atoms with van der Waals surface area (Å²) in [7, 11) is 2.05. The predicted molar refractivity (Wildman–Crippen MR) is 88.8 cm³/mol. The molecule has 0 bridgehead atoms. The summed E-state index contributed by atoms with van der Waals surface area (Å²) in [6.45, 7) is 13.2. The summed E-state index contributed by atoms with van der Waals surface area (Å²) in [5, 5.41) is 4.62. The number of rotatable bonds is 5. The third kappa shape index (κ3) is 3.58. The third-order valence-electron chi connectivity index (χ3n) is 4.67. The largest absolute Gasteiger partial charge is 0.354 e. The molecule has 1 aliphatic heterocycles. The summed E-state index contributed by atoms with van der Waals surface area (Å²) in [4.78, 5) is 5.07. The molecule has 2 rings (SSSR count). The predicted octanol–water partition coefficient (Wildman–Crippen LogP) is 1.54. The number of hydrogen-bond donors (Lipinski definition) is 1. The van der Waals surface area contributed by atoms with Crippen molar-refractivity contribution in [3.8, 4) is 0 Å². The van der Waals surface area contributed by atoms with Gasteiger partial charge in [-0.2, -0.15) is 5.10 Å². The van der Waals surface area contributed by atoms with Crippen LogP contribution in [0.2, 0.25) is 0 Å². The van der Waals surface area contributed by atoms with Crippen molar-refractivity contribution < 1.29 is 0 Å². The SMILES string of the molecule is CCC(C)N1CCN(c2c(CC(C)N)c(C)nn2C)CC1. The first kappa shape index (κ1) is 16.3. The van der Waals surface area contributed by atoms with E-state index in [1.807, 2.05) is 11.7 Å². The Labute approximate surface area is 129 Å². The van der Waals surface area contributed by atoms with E-state index in [0.29, 0.717) is 6.04 Å². The summed E-state index contributed by atoms with van der Waals surface area (Å²) in [6, 6.07) is 0.858. The molecular weight excluding hydrogens is 262 g/mol. The van der Waals surface area contributed by atoms with Crippen molar-refractivity contribution in [2.45, 2.75) is 52.6 Å². The standard InChI is InChI=1S/C16H31N5/c1-6-13(3)20-7-9-21(10-8-20)16-15(11-12(2)17)14(4)18-19(16)5/h12-13H,6-11,17H2,1-5H3. The molecule has 0 radical (unpaired) electrons. The minimum absolute atomic E-state index is 0.174. The molecule has 0 aliphatic carbocycles. The summed E-state index contributed by atoms with van der Waals surface area (Å²) in [5.74, 6) is 1.27. The van der Waals surface area contributed by atoms with Gasteiger partial charge in [0.1, 0.15) is 5.82 Å². The first-order valence-corrected chi connectivity index (χ1v) is 8.21. The van der Waals surface area contributed by atoms with E-state index in [4.69, 9.17) is 5.73 Å². The van der Waals surface area contributed by atoms with Gasteiger partial charge in [0.05, 0.1) is 5.69 Å². The molecule has 21 heavy (non-hydrogen) atoms. The maximum Gasteiger partial charge on any atom is 0.130 e. The van der Waals surface area contributed by atoms with Crippen LogP contribution in [0.4, 0.5) is 5.82 Å². The van der Waals surface area contributed by atoms with Gasteiger partial charge in [-0.3, -0.25) is 9.58 Å². The lowest BCUT2D eigenvalue weighted by molar-refractivity contribution is 0.192. The zero-order chi connectivity index (χ0) is 15.6. The van der Waals surface area contributed by atoms with Crippen LogP contribution in [0.3, 0.4) is 0 Å². The van der Waals surface area contributed by atoms with Crippen LogP contribution in [0, 0.1) is 6.92 Å². The van der Waals surface area contributed by atoms with Crippen molar-refractivity contribution in [3.63, 3.8) is 0 Å². The molecule has 1 aliphatic rings. The van der Waals surface area contributed by atoms with Crippen molar-refractivity contribution >= 4 is 5.82 Å². The smallest absolute Gasteiger partial charge is 0.130 e. The van der Waals surface area contributed by atoms with E-state index in [1.165, 1.54) is 17.8 Å². The first-order valence-electron chi connectivity index (χ1n) is 8.21. The Balaban J connectivity index is 2.13. The highest BCUT2D eigenvalue weighted by molar-refractivity contribution is 5.51. The number of piperazine rings is 1. The van der Waals surface area contributed by atoms with Gasteiger partial charge in [0, 0.05) is 50.9 Å². The molecule has 1 saturated heterocycles. The number of aromatic nitrogens is 2. The lowest BCUT2D eigenvalue weighted by Gasteiger charge is -2.39. The van der Waals surface area contributed by atoms with Gasteiger partial charge in [0.25, 0.3) is 0 Å². The Bertz CT molecular complexity index is 457. The maximum absolute atomic E-state index is 6.02. The van der Waals surface area contributed by atoms with Crippen molar-refractivity contribution in [2.75, 3.05) is 31.1 Å². The summed E-state index contributed by atoms with van der Waals surface area (Å²) in [6.07, 6.45) is 2.13. The van der Waals surface area contributed by atoms with Gasteiger partial charge in [-0.1, -0.05) is 6.92 Å². The molecule has 2 N–H and O–H groups in total. The van der Waals surface area contributed by atoms with Crippen molar-refractivity contribution in [3.05, 3.63) is 11.3 Å². The fraction of sp³-hybridized carbons (Fsp3) is 0.812. The van der Waals surface area contributed by atoms with E-state index in [1.54, 1.807) is 0 Å². The van der Waals surface area contributed by atoms with Crippen LogP contribution < -0.4 is 10.6 Å². The summed E-state index contributed by atoms with van der Waals surface area (Å²) < 4.78 is 2.03. The van der Waals surface area contributed by atoms with Gasteiger partial charge in [0.15, 0.2) is 0 Å². The van der Waals surface area contributed by atoms with Crippen LogP contribution >= 0.6 is 0 Å². The zero-order valence-corrected chi connectivity index (χ0v) is 14.3. The second kappa shape index (κ2) is 6.79. The van der Waals surface area contributed by atoms with Gasteiger partial charge in [-0.05, 0) is 33.6 Å². The van der Waals surface area contributed by atoms with Crippen LogP contribution in [0.25, 0.3) is 0 Å². The van der Waals surface area contributed by atoms with E-state index in [0.717, 1.165) is 38.3 Å². The van der Waals surface area contributed by atoms with E-state index in [-0.39, 0.29) is 6.04 Å². The molecule has 2 heterocycles. The van der Waals surface area contributed by atoms with Crippen molar-refractivity contribution in [2.24, 2.45) is 12.8 Å². The highest BCUT2D eigenvalue weighted by Crippen LogP contribution is 2.26. The minimum atomic E-state index is 0.174. The topological polar surface area (TPSA) is 50.3 Å². The Morgan fingerprint density at radius 1 is 1.19 bits per heavy atom. The molecule has 2 atom stereocenters. The molecule has 1 aromatic rings. The molecule has 2 unspecified atom stereocenters. The first-order chi connectivity index (χ1) is 9.93. The molecule has 0 aromatic carbocycles. The van der Waals surface area contributed by atoms with E-state index in [9.17, 15) is 0 Å². The zero-order valence-electron chi connectivity index (χ0n) is 14.3. The third-order valence-corrected chi connectivity index (χ3v) is 4.67. The fourth-order valence-electron chi connectivity index (χ4n) is 3.28. The van der Waals surface area contributed by atoms with Crippen molar-refractivity contribution in [1.29, 1.82) is 0 Å². The molecule has 0 spiro atoms. The molecule has 120 valence electrons. The quantitative estimate of drug-likeness (QED) is 0.895. The molecule has 1 fully saturated rings. The number of nitrogens with two attached hydrogens (primary N) is 1. The average molecular weight is 293 g/mol. The lowest BCUT2D eigenvalue weighted by Crippen LogP contribution is -2.50. The van der Waals surface area contributed by atoms with E-state index >= 15 is 0 Å². The Morgan fingerprint density at radius 2 is 1.81 bits per heavy atom. The highest BCUT2D eigenvalue weighted by Gasteiger charge is 2.25. The number of hydrogen-bond acceptors (Lipinski definition) is 4. The molecule has 5 heteroatoms. The summed E-state index contributed by atoms with van der Waals surface area (Å²) >= 11 is 0.